The highest BCUT2D eigenvalue weighted by Gasteiger charge is 2.36. The third kappa shape index (κ3) is 4.68. The quantitative estimate of drug-likeness (QED) is 0.544. The molecule has 2 aliphatic rings. The van der Waals surface area contributed by atoms with Gasteiger partial charge in [-0.3, -0.25) is 15.0 Å². The Morgan fingerprint density at radius 1 is 1.36 bits per heavy atom. The first kappa shape index (κ1) is 19.9. The van der Waals surface area contributed by atoms with Crippen molar-refractivity contribution < 1.29 is 24.7 Å². The molecular formula is C18H22N4O6. The number of amides is 1. The number of likely N-dealkylation sites (tertiary alicyclic amines) is 2. The molecule has 10 heteroatoms. The largest absolute Gasteiger partial charge is 0.484 e. The summed E-state index contributed by atoms with van der Waals surface area (Å²) in [6.45, 7) is 2.66. The molecule has 3 unspecified atom stereocenters. The highest BCUT2D eigenvalue weighted by atomic mass is 16.6. The molecule has 1 aromatic rings. The molecule has 2 heterocycles. The molecule has 2 saturated heterocycles. The smallest absolute Gasteiger partial charge is 0.407 e. The highest BCUT2D eigenvalue weighted by Crippen LogP contribution is 2.30. The number of hydrogen-bond acceptors (Lipinski definition) is 7. The maximum absolute atomic E-state index is 11.2. The van der Waals surface area contributed by atoms with Crippen LogP contribution in [0.4, 0.5) is 10.5 Å². The van der Waals surface area contributed by atoms with Gasteiger partial charge in [-0.05, 0) is 30.4 Å². The van der Waals surface area contributed by atoms with Crippen LogP contribution >= 0.6 is 0 Å². The first-order chi connectivity index (χ1) is 13.4. The van der Waals surface area contributed by atoms with Gasteiger partial charge in [-0.15, -0.1) is 0 Å². The number of aliphatic hydroxyl groups is 1. The number of hydrogen-bond donors (Lipinski definition) is 2. The number of carboxylic acid groups (broad SMARTS) is 1. The van der Waals surface area contributed by atoms with E-state index in [-0.39, 0.29) is 35.4 Å². The van der Waals surface area contributed by atoms with E-state index in [1.54, 1.807) is 0 Å². The molecular weight excluding hydrogens is 368 g/mol. The number of ether oxygens (including phenoxy) is 1. The van der Waals surface area contributed by atoms with Crippen LogP contribution in [0.25, 0.3) is 0 Å². The van der Waals surface area contributed by atoms with Crippen molar-refractivity contribution in [3.8, 4) is 11.8 Å². The average molecular weight is 390 g/mol. The van der Waals surface area contributed by atoms with E-state index in [1.807, 2.05) is 6.07 Å². The summed E-state index contributed by atoms with van der Waals surface area (Å²) in [6.07, 6.45) is -0.741. The number of fused-ring (bicyclic) bond motifs is 2. The van der Waals surface area contributed by atoms with Gasteiger partial charge in [-0.25, -0.2) is 4.79 Å². The van der Waals surface area contributed by atoms with Gasteiger partial charge in [-0.2, -0.15) is 5.26 Å². The number of rotatable bonds is 6. The fourth-order valence-corrected chi connectivity index (χ4v) is 4.08. The van der Waals surface area contributed by atoms with Gasteiger partial charge in [0.2, 0.25) is 0 Å². The van der Waals surface area contributed by atoms with Crippen LogP contribution in [0.15, 0.2) is 18.2 Å². The molecule has 0 saturated carbocycles. The SMILES string of the molecule is N#Cc1ccc(OCC(O)CN2CC3CC(C2)CN(C(=O)O)C3)c([N+](=O)[O-])c1. The summed E-state index contributed by atoms with van der Waals surface area (Å²) in [5.41, 5.74) is -0.151. The normalized spacial score (nSPS) is 22.9. The molecule has 10 nitrogen and oxygen atoms in total. The summed E-state index contributed by atoms with van der Waals surface area (Å²) in [4.78, 5) is 25.2. The number of β-amino-alcohol motifs (C(OH)–C–C–N with tert-alkyl or cyclic N) is 1. The van der Waals surface area contributed by atoms with E-state index in [1.165, 1.54) is 17.0 Å². The van der Waals surface area contributed by atoms with Crippen molar-refractivity contribution in [1.82, 2.24) is 9.80 Å². The summed E-state index contributed by atoms with van der Waals surface area (Å²) in [5, 5.41) is 39.5. The molecule has 3 rings (SSSR count). The van der Waals surface area contributed by atoms with Crippen molar-refractivity contribution >= 4 is 11.8 Å². The minimum Gasteiger partial charge on any atom is -0.484 e. The fourth-order valence-electron chi connectivity index (χ4n) is 4.08. The van der Waals surface area contributed by atoms with Gasteiger partial charge in [0.25, 0.3) is 0 Å². The summed E-state index contributed by atoms with van der Waals surface area (Å²) in [6, 6.07) is 5.76. The maximum atomic E-state index is 11.2. The Kier molecular flexibility index (Phi) is 5.96. The minimum absolute atomic E-state index is 0.00987. The number of nitro groups is 1. The minimum atomic E-state index is -0.888. The van der Waals surface area contributed by atoms with E-state index in [0.29, 0.717) is 32.7 Å². The van der Waals surface area contributed by atoms with Crippen LogP contribution in [0.2, 0.25) is 0 Å². The summed E-state index contributed by atoms with van der Waals surface area (Å²) in [7, 11) is 0. The number of piperidine rings is 2. The van der Waals surface area contributed by atoms with Gasteiger partial charge in [0, 0.05) is 38.8 Å². The van der Waals surface area contributed by atoms with Crippen LogP contribution in [-0.2, 0) is 0 Å². The Labute approximate surface area is 161 Å². The Morgan fingerprint density at radius 3 is 2.61 bits per heavy atom. The van der Waals surface area contributed by atoms with Crippen molar-refractivity contribution in [3.63, 3.8) is 0 Å². The maximum Gasteiger partial charge on any atom is 0.407 e. The number of nitro benzene ring substituents is 1. The molecule has 28 heavy (non-hydrogen) atoms. The highest BCUT2D eigenvalue weighted by molar-refractivity contribution is 5.65. The van der Waals surface area contributed by atoms with Crippen LogP contribution in [0.1, 0.15) is 12.0 Å². The van der Waals surface area contributed by atoms with Crippen LogP contribution in [0.3, 0.4) is 0 Å². The third-order valence-corrected chi connectivity index (χ3v) is 5.11. The first-order valence-corrected chi connectivity index (χ1v) is 9.05. The Morgan fingerprint density at radius 2 is 2.04 bits per heavy atom. The Hall–Kier alpha value is -2.90. The lowest BCUT2D eigenvalue weighted by Gasteiger charge is -2.45. The topological polar surface area (TPSA) is 140 Å². The summed E-state index contributed by atoms with van der Waals surface area (Å²) >= 11 is 0. The van der Waals surface area contributed by atoms with Crippen molar-refractivity contribution in [2.75, 3.05) is 39.3 Å². The molecule has 150 valence electrons. The van der Waals surface area contributed by atoms with Gasteiger partial charge < -0.3 is 19.8 Å². The molecule has 0 aromatic heterocycles. The number of benzene rings is 1. The Bertz CT molecular complexity index is 781. The molecule has 0 radical (unpaired) electrons. The fraction of sp³-hybridized carbons (Fsp3) is 0.556. The van der Waals surface area contributed by atoms with Crippen molar-refractivity contribution in [1.29, 1.82) is 5.26 Å². The van der Waals surface area contributed by atoms with Gasteiger partial charge in [-0.1, -0.05) is 0 Å². The van der Waals surface area contributed by atoms with Crippen LogP contribution in [-0.4, -0.2) is 76.5 Å². The molecule has 2 N–H and O–H groups in total. The van der Waals surface area contributed by atoms with Gasteiger partial charge >= 0.3 is 11.8 Å². The van der Waals surface area contributed by atoms with E-state index in [9.17, 15) is 20.0 Å². The zero-order valence-corrected chi connectivity index (χ0v) is 15.2. The summed E-state index contributed by atoms with van der Waals surface area (Å²) in [5.74, 6) is 0.503. The number of carbonyl (C=O) groups is 1. The number of nitrogens with zero attached hydrogens (tertiary/aromatic N) is 4. The monoisotopic (exact) mass is 390 g/mol. The second-order valence-corrected chi connectivity index (χ2v) is 7.39. The lowest BCUT2D eigenvalue weighted by atomic mass is 9.85. The van der Waals surface area contributed by atoms with Crippen LogP contribution < -0.4 is 4.74 Å². The molecule has 1 aromatic carbocycles. The van der Waals surface area contributed by atoms with Gasteiger partial charge in [0.15, 0.2) is 5.75 Å². The number of aliphatic hydroxyl groups excluding tert-OH is 1. The van der Waals surface area contributed by atoms with Crippen molar-refractivity contribution in [2.24, 2.45) is 11.8 Å². The van der Waals surface area contributed by atoms with Gasteiger partial charge in [0.1, 0.15) is 12.7 Å². The predicted octanol–water partition coefficient (Wildman–Crippen LogP) is 1.14. The second-order valence-electron chi connectivity index (χ2n) is 7.39. The molecule has 2 aliphatic heterocycles. The van der Waals surface area contributed by atoms with Crippen molar-refractivity contribution in [2.45, 2.75) is 12.5 Å². The van der Waals surface area contributed by atoms with Crippen molar-refractivity contribution in [3.05, 3.63) is 33.9 Å². The molecule has 1 amide bonds. The lowest BCUT2D eigenvalue weighted by Crippen LogP contribution is -2.55. The predicted molar refractivity (Wildman–Crippen MR) is 96.9 cm³/mol. The van der Waals surface area contributed by atoms with Crippen LogP contribution in [0.5, 0.6) is 5.75 Å². The molecule has 0 spiro atoms. The number of nitriles is 1. The van der Waals surface area contributed by atoms with E-state index >= 15 is 0 Å². The van der Waals surface area contributed by atoms with Gasteiger partial charge in [0.05, 0.1) is 16.6 Å². The molecule has 2 bridgehead atoms. The van der Waals surface area contributed by atoms with E-state index in [0.717, 1.165) is 12.5 Å². The van der Waals surface area contributed by atoms with E-state index in [4.69, 9.17) is 15.1 Å². The molecule has 0 aliphatic carbocycles. The zero-order valence-electron chi connectivity index (χ0n) is 15.2. The second kappa shape index (κ2) is 8.41. The molecule has 2 fully saturated rings. The van der Waals surface area contributed by atoms with E-state index < -0.39 is 17.1 Å². The van der Waals surface area contributed by atoms with Crippen LogP contribution in [0, 0.1) is 33.3 Å². The summed E-state index contributed by atoms with van der Waals surface area (Å²) < 4.78 is 5.43. The zero-order chi connectivity index (χ0) is 20.3. The Balaban J connectivity index is 1.53. The average Bonchev–Trinajstić information content (AvgIpc) is 2.65. The molecule has 3 atom stereocenters. The third-order valence-electron chi connectivity index (χ3n) is 5.11. The standard InChI is InChI=1S/C18H22N4O6/c19-5-12-1-2-17(16(4-12)22(26)27)28-11-15(23)10-20-6-13-3-14(7-20)9-21(8-13)18(24)25/h1-2,4,13-15,23H,3,6-11H2,(H,24,25). The van der Waals surface area contributed by atoms with E-state index in [2.05, 4.69) is 4.90 Å². The first-order valence-electron chi connectivity index (χ1n) is 9.05. The lowest BCUT2D eigenvalue weighted by molar-refractivity contribution is -0.385.